The molecule has 0 fully saturated rings. The molecule has 198 valence electrons. The molecule has 0 spiro atoms. The Labute approximate surface area is 221 Å². The van der Waals surface area contributed by atoms with Crippen molar-refractivity contribution in [3.8, 4) is 11.4 Å². The first-order chi connectivity index (χ1) is 18.6. The van der Waals surface area contributed by atoms with E-state index in [2.05, 4.69) is 25.5 Å². The average Bonchev–Trinajstić information content (AvgIpc) is 3.32. The molecule has 3 aromatic heterocycles. The number of rotatable bonds is 6. The van der Waals surface area contributed by atoms with Gasteiger partial charge in [0.2, 0.25) is 0 Å². The summed E-state index contributed by atoms with van der Waals surface area (Å²) < 4.78 is 17.5. The Morgan fingerprint density at radius 2 is 1.90 bits per heavy atom. The van der Waals surface area contributed by atoms with Gasteiger partial charge in [-0.3, -0.25) is 9.78 Å². The molecule has 11 nitrogen and oxygen atoms in total. The zero-order chi connectivity index (χ0) is 27.9. The molecular formula is C27H24FN7O4. The molecule has 12 heteroatoms. The van der Waals surface area contributed by atoms with Crippen molar-refractivity contribution in [2.75, 3.05) is 5.32 Å². The quantitative estimate of drug-likeness (QED) is 0.299. The number of hydrogen-bond donors (Lipinski definition) is 3. The van der Waals surface area contributed by atoms with E-state index in [0.29, 0.717) is 11.1 Å². The first-order valence-corrected chi connectivity index (χ1v) is 11.9. The van der Waals surface area contributed by atoms with Crippen LogP contribution >= 0.6 is 0 Å². The number of aliphatic hydroxyl groups excluding tert-OH is 1. The Kier molecular flexibility index (Phi) is 6.40. The van der Waals surface area contributed by atoms with Crippen LogP contribution in [0.5, 0.6) is 0 Å². The Bertz CT molecular complexity index is 1780. The van der Waals surface area contributed by atoms with Crippen LogP contribution in [0.4, 0.5) is 16.0 Å². The van der Waals surface area contributed by atoms with Crippen LogP contribution in [0.3, 0.4) is 0 Å². The lowest BCUT2D eigenvalue weighted by Gasteiger charge is -2.20. The number of aromatic carboxylic acids is 1. The number of fused-ring (bicyclic) bond motifs is 1. The summed E-state index contributed by atoms with van der Waals surface area (Å²) >= 11 is 0. The van der Waals surface area contributed by atoms with Crippen LogP contribution in [0.25, 0.3) is 22.1 Å². The van der Waals surface area contributed by atoms with E-state index in [4.69, 9.17) is 0 Å². The Morgan fingerprint density at radius 3 is 2.56 bits per heavy atom. The number of carbonyl (C=O) groups is 1. The third-order valence-electron chi connectivity index (χ3n) is 6.22. The van der Waals surface area contributed by atoms with Crippen molar-refractivity contribution in [1.82, 2.24) is 29.5 Å². The summed E-state index contributed by atoms with van der Waals surface area (Å²) in [5.41, 5.74) is 0.245. The van der Waals surface area contributed by atoms with Crippen molar-refractivity contribution < 1.29 is 19.4 Å². The van der Waals surface area contributed by atoms with E-state index >= 15 is 4.39 Å². The molecule has 0 bridgehead atoms. The van der Waals surface area contributed by atoms with Crippen molar-refractivity contribution in [3.63, 3.8) is 0 Å². The van der Waals surface area contributed by atoms with E-state index in [9.17, 15) is 19.8 Å². The van der Waals surface area contributed by atoms with Gasteiger partial charge in [0.15, 0.2) is 5.82 Å². The second-order valence-corrected chi connectivity index (χ2v) is 9.82. The lowest BCUT2D eigenvalue weighted by Crippen LogP contribution is -2.24. The van der Waals surface area contributed by atoms with Gasteiger partial charge in [0.25, 0.3) is 5.56 Å². The largest absolute Gasteiger partial charge is 0.477 e. The van der Waals surface area contributed by atoms with Gasteiger partial charge in [0.05, 0.1) is 35.8 Å². The number of carboxylic acids is 1. The standard InChI is InChI=1S/C27H24FN7O4/c1-27(2,3)16-9-15-11-31-35(25(37)23(15)19(28)10-16)21-6-4-5-20(18(21)14-36)34-13-17(26(38)39)24(33-34)32-22-12-29-7-8-30-22/h4-13,36H,14H2,1-3H3,(H,38,39)(H,30,32,33). The van der Waals surface area contributed by atoms with Crippen molar-refractivity contribution in [1.29, 1.82) is 0 Å². The molecule has 0 saturated heterocycles. The summed E-state index contributed by atoms with van der Waals surface area (Å²) in [4.78, 5) is 33.4. The van der Waals surface area contributed by atoms with Gasteiger partial charge in [0.1, 0.15) is 17.2 Å². The predicted molar refractivity (Wildman–Crippen MR) is 141 cm³/mol. The number of nitrogens with one attached hydrogen (secondary N) is 1. The molecule has 39 heavy (non-hydrogen) atoms. The molecule has 0 radical (unpaired) electrons. The zero-order valence-electron chi connectivity index (χ0n) is 21.3. The fourth-order valence-corrected chi connectivity index (χ4v) is 4.21. The van der Waals surface area contributed by atoms with E-state index in [1.165, 1.54) is 41.7 Å². The molecule has 0 aliphatic rings. The summed E-state index contributed by atoms with van der Waals surface area (Å²) in [5, 5.41) is 31.7. The predicted octanol–water partition coefficient (Wildman–Crippen LogP) is 3.73. The number of nitrogens with zero attached hydrogens (tertiary/aromatic N) is 6. The Balaban J connectivity index is 1.65. The van der Waals surface area contributed by atoms with Crippen LogP contribution in [0.2, 0.25) is 0 Å². The van der Waals surface area contributed by atoms with Gasteiger partial charge < -0.3 is 15.5 Å². The zero-order valence-corrected chi connectivity index (χ0v) is 21.3. The minimum atomic E-state index is -1.24. The van der Waals surface area contributed by atoms with Crippen molar-refractivity contribution in [3.05, 3.63) is 94.2 Å². The summed E-state index contributed by atoms with van der Waals surface area (Å²) in [6, 6.07) is 7.84. The highest BCUT2D eigenvalue weighted by molar-refractivity contribution is 5.93. The Hall–Kier alpha value is -4.97. The normalized spacial score (nSPS) is 11.6. The number of aliphatic hydroxyl groups is 1. The first-order valence-electron chi connectivity index (χ1n) is 11.9. The van der Waals surface area contributed by atoms with Crippen LogP contribution in [-0.4, -0.2) is 45.7 Å². The molecule has 5 aromatic rings. The molecule has 0 unspecified atom stereocenters. The number of benzene rings is 2. The third-order valence-corrected chi connectivity index (χ3v) is 6.22. The van der Waals surface area contributed by atoms with Gasteiger partial charge in [-0.2, -0.15) is 9.78 Å². The van der Waals surface area contributed by atoms with Crippen molar-refractivity contribution >= 4 is 28.4 Å². The van der Waals surface area contributed by atoms with E-state index in [1.54, 1.807) is 24.3 Å². The maximum Gasteiger partial charge on any atom is 0.341 e. The summed E-state index contributed by atoms with van der Waals surface area (Å²) in [6.07, 6.45) is 6.99. The highest BCUT2D eigenvalue weighted by Gasteiger charge is 2.22. The number of halogens is 1. The first kappa shape index (κ1) is 25.7. The molecule has 2 aromatic carbocycles. The van der Waals surface area contributed by atoms with Gasteiger partial charge in [-0.25, -0.2) is 18.9 Å². The maximum absolute atomic E-state index is 15.2. The smallest absolute Gasteiger partial charge is 0.341 e. The number of aromatic nitrogens is 6. The molecule has 0 amide bonds. The molecule has 3 heterocycles. The molecule has 0 aliphatic carbocycles. The van der Waals surface area contributed by atoms with Crippen LogP contribution in [0.1, 0.15) is 42.3 Å². The summed E-state index contributed by atoms with van der Waals surface area (Å²) in [5.74, 6) is -1.63. The van der Waals surface area contributed by atoms with Crippen molar-refractivity contribution in [2.45, 2.75) is 32.8 Å². The molecule has 0 saturated carbocycles. The van der Waals surface area contributed by atoms with E-state index in [0.717, 1.165) is 10.2 Å². The lowest BCUT2D eigenvalue weighted by molar-refractivity contribution is 0.0698. The third kappa shape index (κ3) is 4.73. The summed E-state index contributed by atoms with van der Waals surface area (Å²) in [6.45, 7) is 5.29. The molecule has 0 aliphatic heterocycles. The fourth-order valence-electron chi connectivity index (χ4n) is 4.21. The van der Waals surface area contributed by atoms with Gasteiger partial charge in [-0.1, -0.05) is 26.8 Å². The van der Waals surface area contributed by atoms with Gasteiger partial charge >= 0.3 is 5.97 Å². The van der Waals surface area contributed by atoms with Crippen LogP contribution < -0.4 is 10.9 Å². The monoisotopic (exact) mass is 529 g/mol. The van der Waals surface area contributed by atoms with Crippen LogP contribution in [-0.2, 0) is 12.0 Å². The van der Waals surface area contributed by atoms with Gasteiger partial charge in [-0.15, -0.1) is 5.10 Å². The second-order valence-electron chi connectivity index (χ2n) is 9.82. The minimum absolute atomic E-state index is 0.00462. The average molecular weight is 530 g/mol. The molecule has 5 rings (SSSR count). The lowest BCUT2D eigenvalue weighted by atomic mass is 9.86. The van der Waals surface area contributed by atoms with E-state index in [1.807, 2.05) is 20.8 Å². The van der Waals surface area contributed by atoms with E-state index < -0.39 is 24.0 Å². The minimum Gasteiger partial charge on any atom is -0.477 e. The summed E-state index contributed by atoms with van der Waals surface area (Å²) in [7, 11) is 0. The molecule has 3 N–H and O–H groups in total. The van der Waals surface area contributed by atoms with Crippen LogP contribution in [0, 0.1) is 5.82 Å². The Morgan fingerprint density at radius 1 is 1.13 bits per heavy atom. The number of anilines is 2. The molecule has 0 atom stereocenters. The highest BCUT2D eigenvalue weighted by Crippen LogP contribution is 2.28. The van der Waals surface area contributed by atoms with Gasteiger partial charge in [-0.05, 0) is 35.2 Å². The van der Waals surface area contributed by atoms with Crippen LogP contribution in [0.15, 0.2) is 66.1 Å². The molecular weight excluding hydrogens is 505 g/mol. The topological polar surface area (TPSA) is 148 Å². The second kappa shape index (κ2) is 9.72. The fraction of sp³-hybridized carbons (Fsp3) is 0.185. The maximum atomic E-state index is 15.2. The highest BCUT2D eigenvalue weighted by atomic mass is 19.1. The SMILES string of the molecule is CC(C)(C)c1cc(F)c2c(=O)n(-c3cccc(-n4cc(C(=O)O)c(Nc5cnccn5)n4)c3CO)ncc2c1. The number of hydrogen-bond acceptors (Lipinski definition) is 8. The van der Waals surface area contributed by atoms with Crippen molar-refractivity contribution in [2.24, 2.45) is 0 Å². The van der Waals surface area contributed by atoms with Gasteiger partial charge in [0, 0.05) is 29.5 Å². The van der Waals surface area contributed by atoms with E-state index in [-0.39, 0.29) is 39.3 Å². The number of carboxylic acid groups (broad SMARTS) is 1.